The molecule has 1 saturated carbocycles. The van der Waals surface area contributed by atoms with Gasteiger partial charge >= 0.3 is 0 Å². The third-order valence-corrected chi connectivity index (χ3v) is 6.41. The van der Waals surface area contributed by atoms with Crippen LogP contribution in [0.4, 0.5) is 0 Å². The molecule has 3 rings (SSSR count). The molecule has 1 saturated heterocycles. The van der Waals surface area contributed by atoms with Crippen LogP contribution in [-0.4, -0.2) is 38.2 Å². The summed E-state index contributed by atoms with van der Waals surface area (Å²) in [6.45, 7) is 3.74. The molecular formula is C16H24N2O2S. The van der Waals surface area contributed by atoms with Crippen LogP contribution in [0, 0.1) is 5.92 Å². The van der Waals surface area contributed by atoms with Crippen molar-refractivity contribution in [1.29, 1.82) is 0 Å². The second-order valence-corrected chi connectivity index (χ2v) is 8.34. The van der Waals surface area contributed by atoms with Gasteiger partial charge in [-0.2, -0.15) is 0 Å². The first-order valence-electron chi connectivity index (χ1n) is 7.88. The van der Waals surface area contributed by atoms with Gasteiger partial charge in [0, 0.05) is 13.1 Å². The number of piperidine rings is 1. The normalized spacial score (nSPS) is 21.5. The molecule has 21 heavy (non-hydrogen) atoms. The summed E-state index contributed by atoms with van der Waals surface area (Å²) < 4.78 is 26.4. The number of sulfonamides is 1. The summed E-state index contributed by atoms with van der Waals surface area (Å²) in [6.07, 6.45) is 3.84. The average molecular weight is 308 g/mol. The van der Waals surface area contributed by atoms with E-state index in [1.54, 1.807) is 0 Å². The topological polar surface area (TPSA) is 49.4 Å². The van der Waals surface area contributed by atoms with Crippen molar-refractivity contribution < 1.29 is 8.42 Å². The standard InChI is InChI=1S/C16H24N2O2S/c19-21(20,16-6-7-16)17-12-14-8-10-18(11-9-14)13-15-4-2-1-3-5-15/h1-5,14,16-17H,6-13H2. The molecule has 1 aromatic rings. The molecule has 0 spiro atoms. The Bertz CT molecular complexity index is 547. The number of hydrogen-bond donors (Lipinski definition) is 1. The minimum atomic E-state index is -3.01. The lowest BCUT2D eigenvalue weighted by Gasteiger charge is -2.32. The molecule has 116 valence electrons. The molecule has 1 N–H and O–H groups in total. The Morgan fingerprint density at radius 1 is 1.05 bits per heavy atom. The minimum Gasteiger partial charge on any atom is -0.299 e. The predicted molar refractivity (Wildman–Crippen MR) is 84.4 cm³/mol. The van der Waals surface area contributed by atoms with Crippen molar-refractivity contribution in [3.63, 3.8) is 0 Å². The fraction of sp³-hybridized carbons (Fsp3) is 0.625. The van der Waals surface area contributed by atoms with Gasteiger partial charge in [0.2, 0.25) is 10.0 Å². The van der Waals surface area contributed by atoms with Gasteiger partial charge in [0.05, 0.1) is 5.25 Å². The Hall–Kier alpha value is -0.910. The highest BCUT2D eigenvalue weighted by Crippen LogP contribution is 2.28. The van der Waals surface area contributed by atoms with Crippen LogP contribution in [0.15, 0.2) is 30.3 Å². The van der Waals surface area contributed by atoms with Gasteiger partial charge in [0.25, 0.3) is 0 Å². The zero-order chi connectivity index (χ0) is 14.7. The van der Waals surface area contributed by atoms with Gasteiger partial charge in [0.1, 0.15) is 0 Å². The zero-order valence-corrected chi connectivity index (χ0v) is 13.2. The predicted octanol–water partition coefficient (Wildman–Crippen LogP) is 1.98. The Morgan fingerprint density at radius 3 is 2.33 bits per heavy atom. The first-order chi connectivity index (χ1) is 10.1. The summed E-state index contributed by atoms with van der Waals surface area (Å²) in [5.41, 5.74) is 1.35. The molecule has 0 aromatic heterocycles. The summed E-state index contributed by atoms with van der Waals surface area (Å²) in [6, 6.07) is 10.5. The molecule has 1 heterocycles. The third-order valence-electron chi connectivity index (χ3n) is 4.49. The van der Waals surface area contributed by atoms with Gasteiger partial charge in [-0.3, -0.25) is 4.90 Å². The van der Waals surface area contributed by atoms with Crippen LogP contribution in [0.1, 0.15) is 31.2 Å². The summed E-state index contributed by atoms with van der Waals surface area (Å²) in [5, 5.41) is -0.101. The van der Waals surface area contributed by atoms with Gasteiger partial charge < -0.3 is 0 Å². The van der Waals surface area contributed by atoms with E-state index < -0.39 is 10.0 Å². The molecule has 0 amide bonds. The third kappa shape index (κ3) is 4.28. The molecule has 2 aliphatic rings. The van der Waals surface area contributed by atoms with Crippen molar-refractivity contribution in [2.45, 2.75) is 37.5 Å². The molecule has 1 aliphatic heterocycles. The first kappa shape index (κ1) is 15.0. The SMILES string of the molecule is O=S(=O)(NCC1CCN(Cc2ccccc2)CC1)C1CC1. The number of rotatable bonds is 6. The summed E-state index contributed by atoms with van der Waals surface area (Å²) in [7, 11) is -3.01. The Balaban J connectivity index is 1.41. The van der Waals surface area contributed by atoms with Crippen LogP contribution in [0.5, 0.6) is 0 Å². The second-order valence-electron chi connectivity index (χ2n) is 6.30. The van der Waals surface area contributed by atoms with Gasteiger partial charge in [-0.05, 0) is 50.3 Å². The van der Waals surface area contributed by atoms with Crippen LogP contribution in [0.3, 0.4) is 0 Å². The van der Waals surface area contributed by atoms with Gasteiger partial charge in [-0.25, -0.2) is 13.1 Å². The van der Waals surface area contributed by atoms with Crippen molar-refractivity contribution in [2.24, 2.45) is 5.92 Å². The van der Waals surface area contributed by atoms with E-state index in [1.807, 2.05) is 6.07 Å². The van der Waals surface area contributed by atoms with Gasteiger partial charge in [-0.1, -0.05) is 30.3 Å². The molecule has 0 bridgehead atoms. The largest absolute Gasteiger partial charge is 0.299 e. The van der Waals surface area contributed by atoms with Gasteiger partial charge in [0.15, 0.2) is 0 Å². The quantitative estimate of drug-likeness (QED) is 0.874. The lowest BCUT2D eigenvalue weighted by Crippen LogP contribution is -2.39. The van der Waals surface area contributed by atoms with E-state index in [0.29, 0.717) is 12.5 Å². The Kier molecular flexibility index (Phi) is 4.62. The van der Waals surface area contributed by atoms with Crippen molar-refractivity contribution in [3.8, 4) is 0 Å². The van der Waals surface area contributed by atoms with Gasteiger partial charge in [-0.15, -0.1) is 0 Å². The lowest BCUT2D eigenvalue weighted by atomic mass is 9.97. The molecule has 2 fully saturated rings. The van der Waals surface area contributed by atoms with E-state index in [9.17, 15) is 8.42 Å². The van der Waals surface area contributed by atoms with Crippen LogP contribution in [0.25, 0.3) is 0 Å². The molecule has 1 aliphatic carbocycles. The molecule has 0 unspecified atom stereocenters. The lowest BCUT2D eigenvalue weighted by molar-refractivity contribution is 0.178. The van der Waals surface area contributed by atoms with Crippen molar-refractivity contribution in [1.82, 2.24) is 9.62 Å². The minimum absolute atomic E-state index is 0.101. The Morgan fingerprint density at radius 2 is 1.71 bits per heavy atom. The number of nitrogens with one attached hydrogen (secondary N) is 1. The molecule has 1 aromatic carbocycles. The van der Waals surface area contributed by atoms with Crippen LogP contribution in [-0.2, 0) is 16.6 Å². The number of likely N-dealkylation sites (tertiary alicyclic amines) is 1. The summed E-state index contributed by atoms with van der Waals surface area (Å²) in [5.74, 6) is 0.491. The highest BCUT2D eigenvalue weighted by atomic mass is 32.2. The van der Waals surface area contributed by atoms with Crippen molar-refractivity contribution in [3.05, 3.63) is 35.9 Å². The van der Waals surface area contributed by atoms with Crippen LogP contribution in [0.2, 0.25) is 0 Å². The zero-order valence-electron chi connectivity index (χ0n) is 12.4. The van der Waals surface area contributed by atoms with Crippen molar-refractivity contribution >= 4 is 10.0 Å². The fourth-order valence-electron chi connectivity index (χ4n) is 2.92. The maximum Gasteiger partial charge on any atom is 0.214 e. The van der Waals surface area contributed by atoms with Crippen LogP contribution < -0.4 is 4.72 Å². The molecular weight excluding hydrogens is 284 g/mol. The Labute approximate surface area is 127 Å². The number of benzene rings is 1. The van der Waals surface area contributed by atoms with E-state index in [4.69, 9.17) is 0 Å². The monoisotopic (exact) mass is 308 g/mol. The van der Waals surface area contributed by atoms with Crippen LogP contribution >= 0.6 is 0 Å². The van der Waals surface area contributed by atoms with E-state index in [1.165, 1.54) is 5.56 Å². The number of nitrogens with zero attached hydrogens (tertiary/aromatic N) is 1. The van der Waals surface area contributed by atoms with E-state index in [0.717, 1.165) is 45.3 Å². The fourth-order valence-corrected chi connectivity index (χ4v) is 4.38. The highest BCUT2D eigenvalue weighted by Gasteiger charge is 2.35. The average Bonchev–Trinajstić information content (AvgIpc) is 3.33. The van der Waals surface area contributed by atoms with Crippen molar-refractivity contribution in [2.75, 3.05) is 19.6 Å². The molecule has 5 heteroatoms. The molecule has 0 atom stereocenters. The maximum absolute atomic E-state index is 11.8. The highest BCUT2D eigenvalue weighted by molar-refractivity contribution is 7.90. The summed E-state index contributed by atoms with van der Waals surface area (Å²) in [4.78, 5) is 2.46. The maximum atomic E-state index is 11.8. The first-order valence-corrected chi connectivity index (χ1v) is 9.43. The number of hydrogen-bond acceptors (Lipinski definition) is 3. The molecule has 4 nitrogen and oxygen atoms in total. The van der Waals surface area contributed by atoms with E-state index in [-0.39, 0.29) is 5.25 Å². The van der Waals surface area contributed by atoms with E-state index >= 15 is 0 Å². The molecule has 0 radical (unpaired) electrons. The smallest absolute Gasteiger partial charge is 0.214 e. The second kappa shape index (κ2) is 6.46. The summed E-state index contributed by atoms with van der Waals surface area (Å²) >= 11 is 0. The van der Waals surface area contributed by atoms with E-state index in [2.05, 4.69) is 33.9 Å².